The van der Waals surface area contributed by atoms with Crippen molar-refractivity contribution in [2.75, 3.05) is 38.2 Å². The van der Waals surface area contributed by atoms with Crippen molar-refractivity contribution in [3.8, 4) is 17.1 Å². The number of piperazine rings is 1. The standard InChI is InChI=1S/C24H23F3N4O2/c1-16-14-21(29-22(28-16)17-6-8-19(9-7-17)24(25,26)27)30-10-12-31(13-11-30)23(32)18-4-3-5-20(15-18)33-2/h3-9,14-15H,10-13H2,1-2H3. The van der Waals surface area contributed by atoms with Gasteiger partial charge in [0.05, 0.1) is 12.7 Å². The Hall–Kier alpha value is -3.62. The molecule has 0 aliphatic carbocycles. The van der Waals surface area contributed by atoms with Gasteiger partial charge in [-0.2, -0.15) is 13.2 Å². The van der Waals surface area contributed by atoms with Crippen molar-refractivity contribution in [3.63, 3.8) is 0 Å². The second-order valence-corrected chi connectivity index (χ2v) is 7.78. The van der Waals surface area contributed by atoms with Gasteiger partial charge in [-0.1, -0.05) is 18.2 Å². The first-order valence-electron chi connectivity index (χ1n) is 10.5. The Morgan fingerprint density at radius 3 is 2.30 bits per heavy atom. The summed E-state index contributed by atoms with van der Waals surface area (Å²) in [6, 6.07) is 13.7. The highest BCUT2D eigenvalue weighted by molar-refractivity contribution is 5.94. The first-order valence-corrected chi connectivity index (χ1v) is 10.5. The molecule has 0 bridgehead atoms. The van der Waals surface area contributed by atoms with Gasteiger partial charge in [0.25, 0.3) is 5.91 Å². The zero-order valence-corrected chi connectivity index (χ0v) is 18.3. The van der Waals surface area contributed by atoms with E-state index in [1.807, 2.05) is 13.0 Å². The SMILES string of the molecule is COc1cccc(C(=O)N2CCN(c3cc(C)nc(-c4ccc(C(F)(F)F)cc4)n3)CC2)c1. The number of nitrogens with zero attached hydrogens (tertiary/aromatic N) is 4. The summed E-state index contributed by atoms with van der Waals surface area (Å²) in [6.45, 7) is 4.03. The van der Waals surface area contributed by atoms with Gasteiger partial charge in [-0.15, -0.1) is 0 Å². The second-order valence-electron chi connectivity index (χ2n) is 7.78. The van der Waals surface area contributed by atoms with Crippen LogP contribution in [-0.4, -0.2) is 54.1 Å². The van der Waals surface area contributed by atoms with Crippen LogP contribution in [0.4, 0.5) is 19.0 Å². The van der Waals surface area contributed by atoms with Crippen molar-refractivity contribution < 1.29 is 22.7 Å². The quantitative estimate of drug-likeness (QED) is 0.581. The minimum atomic E-state index is -4.39. The lowest BCUT2D eigenvalue weighted by Crippen LogP contribution is -2.49. The maximum absolute atomic E-state index is 12.9. The van der Waals surface area contributed by atoms with Crippen molar-refractivity contribution in [3.05, 3.63) is 71.4 Å². The fraction of sp³-hybridized carbons (Fsp3) is 0.292. The lowest BCUT2D eigenvalue weighted by Gasteiger charge is -2.35. The second kappa shape index (κ2) is 9.09. The van der Waals surface area contributed by atoms with Crippen molar-refractivity contribution in [1.82, 2.24) is 14.9 Å². The number of hydrogen-bond acceptors (Lipinski definition) is 5. The van der Waals surface area contributed by atoms with E-state index in [1.165, 1.54) is 12.1 Å². The molecule has 1 aromatic heterocycles. The van der Waals surface area contributed by atoms with Gasteiger partial charge in [0, 0.05) is 49.1 Å². The van der Waals surface area contributed by atoms with E-state index >= 15 is 0 Å². The van der Waals surface area contributed by atoms with E-state index < -0.39 is 11.7 Å². The molecular formula is C24H23F3N4O2. The average molecular weight is 456 g/mol. The van der Waals surface area contributed by atoms with E-state index in [2.05, 4.69) is 14.9 Å². The number of amides is 1. The van der Waals surface area contributed by atoms with Crippen LogP contribution in [0, 0.1) is 6.92 Å². The average Bonchev–Trinajstić information content (AvgIpc) is 2.83. The number of anilines is 1. The predicted octanol–water partition coefficient (Wildman–Crippen LogP) is 4.44. The molecule has 0 atom stereocenters. The molecule has 1 aliphatic rings. The molecule has 2 heterocycles. The normalized spacial score (nSPS) is 14.3. The van der Waals surface area contributed by atoms with E-state index in [4.69, 9.17) is 4.74 Å². The number of methoxy groups -OCH3 is 1. The van der Waals surface area contributed by atoms with Gasteiger partial charge in [-0.3, -0.25) is 4.79 Å². The summed E-state index contributed by atoms with van der Waals surface area (Å²) in [6.07, 6.45) is -4.39. The maximum atomic E-state index is 12.9. The lowest BCUT2D eigenvalue weighted by molar-refractivity contribution is -0.137. The Morgan fingerprint density at radius 2 is 1.67 bits per heavy atom. The van der Waals surface area contributed by atoms with E-state index in [9.17, 15) is 18.0 Å². The van der Waals surface area contributed by atoms with Crippen LogP contribution in [0.2, 0.25) is 0 Å². The maximum Gasteiger partial charge on any atom is 0.416 e. The van der Waals surface area contributed by atoms with Crippen molar-refractivity contribution >= 4 is 11.7 Å². The number of hydrogen-bond donors (Lipinski definition) is 0. The van der Waals surface area contributed by atoms with Crippen LogP contribution >= 0.6 is 0 Å². The van der Waals surface area contributed by atoms with Gasteiger partial charge < -0.3 is 14.5 Å². The summed E-state index contributed by atoms with van der Waals surface area (Å²) in [5.74, 6) is 1.63. The van der Waals surface area contributed by atoms with Gasteiger partial charge in [0.1, 0.15) is 11.6 Å². The molecule has 1 amide bonds. The predicted molar refractivity (Wildman–Crippen MR) is 118 cm³/mol. The molecule has 1 saturated heterocycles. The monoisotopic (exact) mass is 456 g/mol. The van der Waals surface area contributed by atoms with Crippen molar-refractivity contribution in [2.24, 2.45) is 0 Å². The smallest absolute Gasteiger partial charge is 0.416 e. The summed E-state index contributed by atoms with van der Waals surface area (Å²) in [5.41, 5.74) is 1.09. The number of rotatable bonds is 4. The van der Waals surface area contributed by atoms with Gasteiger partial charge >= 0.3 is 6.18 Å². The molecule has 172 valence electrons. The van der Waals surface area contributed by atoms with Crippen LogP contribution in [0.1, 0.15) is 21.6 Å². The van der Waals surface area contributed by atoms with Crippen LogP contribution in [-0.2, 0) is 6.18 Å². The Bertz CT molecular complexity index is 1140. The number of alkyl halides is 3. The molecule has 0 radical (unpaired) electrons. The number of benzene rings is 2. The summed E-state index contributed by atoms with van der Waals surface area (Å²) in [5, 5.41) is 0. The molecule has 3 aromatic rings. The number of carbonyl (C=O) groups excluding carboxylic acids is 1. The molecule has 33 heavy (non-hydrogen) atoms. The molecule has 9 heteroatoms. The van der Waals surface area contributed by atoms with E-state index in [1.54, 1.807) is 36.3 Å². The fourth-order valence-corrected chi connectivity index (χ4v) is 3.73. The Morgan fingerprint density at radius 1 is 0.970 bits per heavy atom. The topological polar surface area (TPSA) is 58.6 Å². The van der Waals surface area contributed by atoms with Gasteiger partial charge in [0.15, 0.2) is 5.82 Å². The molecule has 4 rings (SSSR count). The van der Waals surface area contributed by atoms with Crippen LogP contribution < -0.4 is 9.64 Å². The first kappa shape index (κ1) is 22.6. The highest BCUT2D eigenvalue weighted by atomic mass is 19.4. The number of aryl methyl sites for hydroxylation is 1. The van der Waals surface area contributed by atoms with E-state index in [0.717, 1.165) is 12.1 Å². The first-order chi connectivity index (χ1) is 15.7. The summed E-state index contributed by atoms with van der Waals surface area (Å²) in [7, 11) is 1.56. The Balaban J connectivity index is 1.47. The number of halogens is 3. The highest BCUT2D eigenvalue weighted by Crippen LogP contribution is 2.31. The van der Waals surface area contributed by atoms with Crippen molar-refractivity contribution in [1.29, 1.82) is 0 Å². The molecule has 1 aliphatic heterocycles. The molecule has 0 unspecified atom stereocenters. The summed E-state index contributed by atoms with van der Waals surface area (Å²) in [4.78, 5) is 25.7. The molecule has 6 nitrogen and oxygen atoms in total. The van der Waals surface area contributed by atoms with Crippen LogP contribution in [0.3, 0.4) is 0 Å². The zero-order valence-electron chi connectivity index (χ0n) is 18.3. The molecule has 0 spiro atoms. The van der Waals surface area contributed by atoms with Crippen LogP contribution in [0.25, 0.3) is 11.4 Å². The lowest BCUT2D eigenvalue weighted by atomic mass is 10.1. The Kier molecular flexibility index (Phi) is 6.22. The van der Waals surface area contributed by atoms with Gasteiger partial charge in [-0.25, -0.2) is 9.97 Å². The van der Waals surface area contributed by atoms with E-state index in [-0.39, 0.29) is 5.91 Å². The number of aromatic nitrogens is 2. The van der Waals surface area contributed by atoms with Gasteiger partial charge in [0.2, 0.25) is 0 Å². The molecule has 0 saturated carbocycles. The van der Waals surface area contributed by atoms with Crippen LogP contribution in [0.15, 0.2) is 54.6 Å². The summed E-state index contributed by atoms with van der Waals surface area (Å²) >= 11 is 0. The zero-order chi connectivity index (χ0) is 23.6. The third-order valence-corrected chi connectivity index (χ3v) is 5.52. The van der Waals surface area contributed by atoms with Crippen LogP contribution in [0.5, 0.6) is 5.75 Å². The number of carbonyl (C=O) groups is 1. The fourth-order valence-electron chi connectivity index (χ4n) is 3.73. The number of ether oxygens (including phenoxy) is 1. The molecule has 1 fully saturated rings. The summed E-state index contributed by atoms with van der Waals surface area (Å²) < 4.78 is 43.8. The minimum Gasteiger partial charge on any atom is -0.497 e. The third kappa shape index (κ3) is 5.08. The third-order valence-electron chi connectivity index (χ3n) is 5.52. The van der Waals surface area contributed by atoms with E-state index in [0.29, 0.717) is 60.4 Å². The molecule has 2 aromatic carbocycles. The molecule has 0 N–H and O–H groups in total. The minimum absolute atomic E-state index is 0.0575. The van der Waals surface area contributed by atoms with Gasteiger partial charge in [-0.05, 0) is 37.3 Å². The Labute approximate surface area is 189 Å². The molecular weight excluding hydrogens is 433 g/mol. The highest BCUT2D eigenvalue weighted by Gasteiger charge is 2.30. The largest absolute Gasteiger partial charge is 0.497 e. The van der Waals surface area contributed by atoms with Crippen molar-refractivity contribution in [2.45, 2.75) is 13.1 Å².